The van der Waals surface area contributed by atoms with Crippen LogP contribution in [0.25, 0.3) is 0 Å². The summed E-state index contributed by atoms with van der Waals surface area (Å²) in [5.74, 6) is 1.59. The first-order valence-electron chi connectivity index (χ1n) is 9.21. The van der Waals surface area contributed by atoms with E-state index in [0.717, 1.165) is 38.2 Å². The Morgan fingerprint density at radius 3 is 2.44 bits per heavy atom. The van der Waals surface area contributed by atoms with Gasteiger partial charge in [-0.05, 0) is 61.2 Å². The number of benzene rings is 1. The smallest absolute Gasteiger partial charge is 0.123 e. The SMILES string of the molecule is Nc1cc(CN2CCC(Oc3ccc(N4CCC4)cc3)CC2)ccn1. The van der Waals surface area contributed by atoms with Crippen molar-refractivity contribution in [1.82, 2.24) is 9.88 Å². The molecule has 2 aromatic rings. The van der Waals surface area contributed by atoms with E-state index < -0.39 is 0 Å². The van der Waals surface area contributed by atoms with Crippen LogP contribution in [0.2, 0.25) is 0 Å². The Hall–Kier alpha value is -2.27. The molecule has 5 heteroatoms. The highest BCUT2D eigenvalue weighted by Crippen LogP contribution is 2.25. The molecule has 2 N–H and O–H groups in total. The van der Waals surface area contributed by atoms with Gasteiger partial charge in [-0.3, -0.25) is 4.90 Å². The molecule has 0 unspecified atom stereocenters. The zero-order valence-corrected chi connectivity index (χ0v) is 14.6. The van der Waals surface area contributed by atoms with E-state index in [2.05, 4.69) is 39.0 Å². The third-order valence-corrected chi connectivity index (χ3v) is 5.15. The molecule has 4 rings (SSSR count). The van der Waals surface area contributed by atoms with E-state index in [1.807, 2.05) is 12.1 Å². The summed E-state index contributed by atoms with van der Waals surface area (Å²) in [5, 5.41) is 0. The number of anilines is 2. The molecule has 0 aliphatic carbocycles. The Bertz CT molecular complexity index is 691. The molecular weight excluding hydrogens is 312 g/mol. The highest BCUT2D eigenvalue weighted by molar-refractivity contribution is 5.50. The van der Waals surface area contributed by atoms with Crippen LogP contribution in [0.4, 0.5) is 11.5 Å². The summed E-state index contributed by atoms with van der Waals surface area (Å²) in [5.41, 5.74) is 8.30. The number of pyridine rings is 1. The van der Waals surface area contributed by atoms with E-state index in [0.29, 0.717) is 11.9 Å². The van der Waals surface area contributed by atoms with Crippen LogP contribution < -0.4 is 15.4 Å². The van der Waals surface area contributed by atoms with Crippen molar-refractivity contribution in [3.05, 3.63) is 48.2 Å². The lowest BCUT2D eigenvalue weighted by Crippen LogP contribution is -2.38. The lowest BCUT2D eigenvalue weighted by atomic mass is 10.1. The first kappa shape index (κ1) is 16.2. The van der Waals surface area contributed by atoms with Gasteiger partial charge in [0.05, 0.1) is 0 Å². The normalized spacial score (nSPS) is 18.8. The maximum Gasteiger partial charge on any atom is 0.123 e. The van der Waals surface area contributed by atoms with Crippen LogP contribution >= 0.6 is 0 Å². The zero-order valence-electron chi connectivity index (χ0n) is 14.6. The Labute approximate surface area is 149 Å². The van der Waals surface area contributed by atoms with Gasteiger partial charge in [0.2, 0.25) is 0 Å². The molecule has 0 bridgehead atoms. The van der Waals surface area contributed by atoms with Crippen molar-refractivity contribution in [2.45, 2.75) is 31.9 Å². The number of rotatable bonds is 5. The minimum atomic E-state index is 0.314. The molecule has 0 saturated carbocycles. The predicted octanol–water partition coefficient (Wildman–Crippen LogP) is 2.92. The first-order chi connectivity index (χ1) is 12.3. The molecule has 0 amide bonds. The van der Waals surface area contributed by atoms with Crippen molar-refractivity contribution in [3.8, 4) is 5.75 Å². The molecule has 2 aliphatic heterocycles. The van der Waals surface area contributed by atoms with Crippen molar-refractivity contribution in [1.29, 1.82) is 0 Å². The average Bonchev–Trinajstić information content (AvgIpc) is 2.57. The number of ether oxygens (including phenoxy) is 1. The summed E-state index contributed by atoms with van der Waals surface area (Å²) in [6.45, 7) is 5.41. The molecule has 1 aromatic heterocycles. The number of nitrogen functional groups attached to an aromatic ring is 1. The minimum absolute atomic E-state index is 0.314. The van der Waals surface area contributed by atoms with Gasteiger partial charge in [0.15, 0.2) is 0 Å². The average molecular weight is 338 g/mol. The fourth-order valence-corrected chi connectivity index (χ4v) is 3.54. The molecule has 132 valence electrons. The topological polar surface area (TPSA) is 54.6 Å². The Kier molecular flexibility index (Phi) is 4.74. The number of nitrogens with two attached hydrogens (primary N) is 1. The summed E-state index contributed by atoms with van der Waals surface area (Å²) in [6.07, 6.45) is 5.53. The van der Waals surface area contributed by atoms with Crippen LogP contribution in [-0.4, -0.2) is 42.2 Å². The van der Waals surface area contributed by atoms with Crippen molar-refractivity contribution in [2.24, 2.45) is 0 Å². The summed E-state index contributed by atoms with van der Waals surface area (Å²) in [7, 11) is 0. The van der Waals surface area contributed by atoms with Gasteiger partial charge in [-0.2, -0.15) is 0 Å². The number of hydrogen-bond donors (Lipinski definition) is 1. The molecule has 2 aliphatic rings. The second-order valence-electron chi connectivity index (χ2n) is 7.02. The molecule has 0 radical (unpaired) electrons. The first-order valence-corrected chi connectivity index (χ1v) is 9.21. The monoisotopic (exact) mass is 338 g/mol. The van der Waals surface area contributed by atoms with Crippen molar-refractivity contribution in [2.75, 3.05) is 36.8 Å². The molecule has 3 heterocycles. The highest BCUT2D eigenvalue weighted by Gasteiger charge is 2.21. The number of aromatic nitrogens is 1. The third kappa shape index (κ3) is 4.04. The fraction of sp³-hybridized carbons (Fsp3) is 0.450. The summed E-state index contributed by atoms with van der Waals surface area (Å²) in [6, 6.07) is 12.6. The van der Waals surface area contributed by atoms with Crippen molar-refractivity contribution in [3.63, 3.8) is 0 Å². The summed E-state index contributed by atoms with van der Waals surface area (Å²) >= 11 is 0. The summed E-state index contributed by atoms with van der Waals surface area (Å²) in [4.78, 5) is 8.91. The maximum atomic E-state index is 6.18. The van der Waals surface area contributed by atoms with Crippen molar-refractivity contribution < 1.29 is 4.74 Å². The van der Waals surface area contributed by atoms with Gasteiger partial charge >= 0.3 is 0 Å². The van der Waals surface area contributed by atoms with Crippen LogP contribution in [0.1, 0.15) is 24.8 Å². The molecule has 2 saturated heterocycles. The minimum Gasteiger partial charge on any atom is -0.490 e. The third-order valence-electron chi connectivity index (χ3n) is 5.15. The van der Waals surface area contributed by atoms with E-state index in [9.17, 15) is 0 Å². The van der Waals surface area contributed by atoms with E-state index in [1.54, 1.807) is 6.20 Å². The molecule has 5 nitrogen and oxygen atoms in total. The number of nitrogens with zero attached hydrogens (tertiary/aromatic N) is 3. The quantitative estimate of drug-likeness (QED) is 0.908. The molecule has 25 heavy (non-hydrogen) atoms. The zero-order chi connectivity index (χ0) is 17.1. The van der Waals surface area contributed by atoms with E-state index in [1.165, 1.54) is 30.8 Å². The van der Waals surface area contributed by atoms with Crippen molar-refractivity contribution >= 4 is 11.5 Å². The van der Waals surface area contributed by atoms with Gasteiger partial charge < -0.3 is 15.4 Å². The molecule has 0 atom stereocenters. The molecule has 2 fully saturated rings. The van der Waals surface area contributed by atoms with Crippen LogP contribution in [0, 0.1) is 0 Å². The van der Waals surface area contributed by atoms with Gasteiger partial charge in [-0.25, -0.2) is 4.98 Å². The predicted molar refractivity (Wildman–Crippen MR) is 101 cm³/mol. The van der Waals surface area contributed by atoms with Gasteiger partial charge in [-0.1, -0.05) is 0 Å². The largest absolute Gasteiger partial charge is 0.490 e. The van der Waals surface area contributed by atoms with Crippen LogP contribution in [0.3, 0.4) is 0 Å². The Balaban J connectivity index is 1.25. The van der Waals surface area contributed by atoms with Gasteiger partial charge in [0.25, 0.3) is 0 Å². The number of likely N-dealkylation sites (tertiary alicyclic amines) is 1. The Morgan fingerprint density at radius 1 is 1.04 bits per heavy atom. The van der Waals surface area contributed by atoms with E-state index in [4.69, 9.17) is 10.5 Å². The van der Waals surface area contributed by atoms with Gasteiger partial charge in [-0.15, -0.1) is 0 Å². The van der Waals surface area contributed by atoms with Gasteiger partial charge in [0.1, 0.15) is 17.7 Å². The van der Waals surface area contributed by atoms with E-state index >= 15 is 0 Å². The van der Waals surface area contributed by atoms with E-state index in [-0.39, 0.29) is 0 Å². The number of hydrogen-bond acceptors (Lipinski definition) is 5. The second-order valence-corrected chi connectivity index (χ2v) is 7.02. The number of piperidine rings is 1. The lowest BCUT2D eigenvalue weighted by Gasteiger charge is -2.34. The highest BCUT2D eigenvalue weighted by atomic mass is 16.5. The standard InChI is InChI=1S/C20H26N4O/c21-20-14-16(6-9-22-20)15-23-12-7-19(8-13-23)25-18-4-2-17(3-5-18)24-10-1-11-24/h2-6,9,14,19H,1,7-8,10-13,15H2,(H2,21,22). The second kappa shape index (κ2) is 7.31. The maximum absolute atomic E-state index is 6.18. The Morgan fingerprint density at radius 2 is 1.80 bits per heavy atom. The lowest BCUT2D eigenvalue weighted by molar-refractivity contribution is 0.0968. The van der Waals surface area contributed by atoms with Crippen LogP contribution in [-0.2, 0) is 6.54 Å². The fourth-order valence-electron chi connectivity index (χ4n) is 3.54. The molecule has 0 spiro atoms. The summed E-state index contributed by atoms with van der Waals surface area (Å²) < 4.78 is 6.18. The van der Waals surface area contributed by atoms with Gasteiger partial charge in [0, 0.05) is 44.6 Å². The van der Waals surface area contributed by atoms with Crippen LogP contribution in [0.5, 0.6) is 5.75 Å². The molecule has 1 aromatic carbocycles. The van der Waals surface area contributed by atoms with Crippen LogP contribution in [0.15, 0.2) is 42.6 Å². The molecular formula is C20H26N4O.